The molecule has 0 radical (unpaired) electrons. The number of hydrogen-bond donors (Lipinski definition) is 3. The quantitative estimate of drug-likeness (QED) is 0.140. The normalized spacial score (nSPS) is 12.4. The van der Waals surface area contributed by atoms with Crippen molar-refractivity contribution in [3.05, 3.63) is 88.9 Å². The lowest BCUT2D eigenvalue weighted by molar-refractivity contribution is -0.385. The molecule has 4 N–H and O–H groups in total. The van der Waals surface area contributed by atoms with Crippen LogP contribution < -0.4 is 10.5 Å². The number of sulfonamides is 1. The van der Waals surface area contributed by atoms with Gasteiger partial charge >= 0.3 is 0 Å². The number of non-ortho nitro benzene ring substituents is 1. The Balaban J connectivity index is 1.59. The molecule has 0 unspecified atom stereocenters. The maximum Gasteiger partial charge on any atom is 0.270 e. The Kier molecular flexibility index (Phi) is 7.95. The SMILES string of the molecule is NC(=O)CCCCC[C@H](NS(=O)(=O)c1cccc([N+](=O)[O-])c1)c1ncc(-c2ccc3ccccc3c2)[nH]1. The third-order valence-corrected chi connectivity index (χ3v) is 7.51. The van der Waals surface area contributed by atoms with Crippen LogP contribution in [0.3, 0.4) is 0 Å². The average Bonchev–Trinajstić information content (AvgIpc) is 3.38. The molecule has 0 saturated heterocycles. The van der Waals surface area contributed by atoms with E-state index in [2.05, 4.69) is 14.7 Å². The summed E-state index contributed by atoms with van der Waals surface area (Å²) in [5, 5.41) is 13.3. The number of rotatable bonds is 12. The summed E-state index contributed by atoms with van der Waals surface area (Å²) in [5.74, 6) is 0.0426. The van der Waals surface area contributed by atoms with E-state index in [4.69, 9.17) is 5.73 Å². The van der Waals surface area contributed by atoms with Gasteiger partial charge in [0.05, 0.1) is 27.8 Å². The van der Waals surface area contributed by atoms with Crippen LogP contribution >= 0.6 is 0 Å². The van der Waals surface area contributed by atoms with Gasteiger partial charge in [0.2, 0.25) is 15.9 Å². The summed E-state index contributed by atoms with van der Waals surface area (Å²) >= 11 is 0. The predicted octanol–water partition coefficient (Wildman–Crippen LogP) is 4.59. The Morgan fingerprint density at radius 3 is 2.57 bits per heavy atom. The van der Waals surface area contributed by atoms with E-state index in [1.165, 1.54) is 18.2 Å². The summed E-state index contributed by atoms with van der Waals surface area (Å²) in [5.41, 5.74) is 6.52. The van der Waals surface area contributed by atoms with Gasteiger partial charge in [0.15, 0.2) is 0 Å². The van der Waals surface area contributed by atoms with Gasteiger partial charge in [-0.25, -0.2) is 18.1 Å². The van der Waals surface area contributed by atoms with Crippen molar-refractivity contribution in [2.75, 3.05) is 0 Å². The van der Waals surface area contributed by atoms with E-state index in [0.29, 0.717) is 31.5 Å². The van der Waals surface area contributed by atoms with Gasteiger partial charge in [0.1, 0.15) is 5.82 Å². The van der Waals surface area contributed by atoms with Crippen molar-refractivity contribution in [2.24, 2.45) is 5.73 Å². The highest BCUT2D eigenvalue weighted by molar-refractivity contribution is 7.89. The first-order chi connectivity index (χ1) is 17.7. The predicted molar refractivity (Wildman–Crippen MR) is 140 cm³/mol. The minimum atomic E-state index is -4.09. The molecule has 1 amide bonds. The fraction of sp³-hybridized carbons (Fsp3) is 0.231. The number of nitro benzene ring substituents is 1. The minimum Gasteiger partial charge on any atom is -0.370 e. The molecule has 4 rings (SSSR count). The number of nitro groups is 1. The van der Waals surface area contributed by atoms with Crippen LogP contribution in [0, 0.1) is 10.1 Å². The zero-order valence-corrected chi connectivity index (χ0v) is 20.8. The molecule has 0 fully saturated rings. The Hall–Kier alpha value is -4.09. The van der Waals surface area contributed by atoms with E-state index >= 15 is 0 Å². The van der Waals surface area contributed by atoms with E-state index in [9.17, 15) is 23.3 Å². The van der Waals surface area contributed by atoms with Crippen LogP contribution in [-0.2, 0) is 14.8 Å². The number of aromatic amines is 1. The molecule has 4 aromatic rings. The van der Waals surface area contributed by atoms with Crippen LogP contribution in [-0.4, -0.2) is 29.2 Å². The van der Waals surface area contributed by atoms with E-state index in [1.807, 2.05) is 42.5 Å². The van der Waals surface area contributed by atoms with Crippen LogP contribution in [0.15, 0.2) is 77.8 Å². The van der Waals surface area contributed by atoms with E-state index in [0.717, 1.165) is 28.1 Å². The van der Waals surface area contributed by atoms with Crippen molar-refractivity contribution < 1.29 is 18.1 Å². The zero-order valence-electron chi connectivity index (χ0n) is 20.0. The molecule has 11 heteroatoms. The van der Waals surface area contributed by atoms with Gasteiger partial charge < -0.3 is 10.7 Å². The number of benzene rings is 3. The van der Waals surface area contributed by atoms with Gasteiger partial charge in [-0.05, 0) is 35.7 Å². The Labute approximate surface area is 214 Å². The van der Waals surface area contributed by atoms with Crippen LogP contribution in [0.2, 0.25) is 0 Å². The van der Waals surface area contributed by atoms with E-state index in [-0.39, 0.29) is 22.9 Å². The van der Waals surface area contributed by atoms with Crippen molar-refractivity contribution >= 4 is 32.4 Å². The number of nitrogens with zero attached hydrogens (tertiary/aromatic N) is 2. The number of hydrogen-bond acceptors (Lipinski definition) is 6. The summed E-state index contributed by atoms with van der Waals surface area (Å²) in [4.78, 5) is 29.0. The molecule has 37 heavy (non-hydrogen) atoms. The van der Waals surface area contributed by atoms with Gasteiger partial charge in [0.25, 0.3) is 5.69 Å². The molecule has 0 bridgehead atoms. The molecule has 0 aliphatic heterocycles. The number of unbranched alkanes of at least 4 members (excludes halogenated alkanes) is 2. The first-order valence-electron chi connectivity index (χ1n) is 11.8. The molecular formula is C26H27N5O5S. The molecule has 3 aromatic carbocycles. The highest BCUT2D eigenvalue weighted by Crippen LogP contribution is 2.27. The largest absolute Gasteiger partial charge is 0.370 e. The molecule has 0 aliphatic carbocycles. The van der Waals surface area contributed by atoms with Gasteiger partial charge in [0, 0.05) is 24.1 Å². The number of carbonyl (C=O) groups is 1. The second-order valence-electron chi connectivity index (χ2n) is 8.74. The fourth-order valence-corrected chi connectivity index (χ4v) is 5.39. The summed E-state index contributed by atoms with van der Waals surface area (Å²) in [6.07, 6.45) is 4.20. The highest BCUT2D eigenvalue weighted by Gasteiger charge is 2.25. The topological polar surface area (TPSA) is 161 Å². The number of aromatic nitrogens is 2. The maximum atomic E-state index is 13.2. The van der Waals surface area contributed by atoms with Crippen molar-refractivity contribution in [3.8, 4) is 11.3 Å². The van der Waals surface area contributed by atoms with Crippen molar-refractivity contribution in [3.63, 3.8) is 0 Å². The monoisotopic (exact) mass is 521 g/mol. The van der Waals surface area contributed by atoms with Gasteiger partial charge in [-0.2, -0.15) is 0 Å². The number of carbonyl (C=O) groups excluding carboxylic acids is 1. The lowest BCUT2D eigenvalue weighted by atomic mass is 10.1. The molecular weight excluding hydrogens is 494 g/mol. The van der Waals surface area contributed by atoms with E-state index < -0.39 is 21.0 Å². The number of nitrogens with two attached hydrogens (primary N) is 1. The Morgan fingerprint density at radius 1 is 1.03 bits per heavy atom. The first-order valence-corrected chi connectivity index (χ1v) is 13.3. The molecule has 0 aliphatic rings. The maximum absolute atomic E-state index is 13.2. The number of primary amides is 1. The van der Waals surface area contributed by atoms with Gasteiger partial charge in [-0.15, -0.1) is 0 Å². The highest BCUT2D eigenvalue weighted by atomic mass is 32.2. The van der Waals surface area contributed by atoms with Gasteiger partial charge in [-0.3, -0.25) is 14.9 Å². The first kappa shape index (κ1) is 26.0. The molecule has 0 saturated carbocycles. The number of amides is 1. The van der Waals surface area contributed by atoms with E-state index in [1.54, 1.807) is 6.20 Å². The molecule has 1 atom stereocenters. The zero-order chi connectivity index (χ0) is 26.4. The summed E-state index contributed by atoms with van der Waals surface area (Å²) < 4.78 is 29.0. The number of nitrogens with one attached hydrogen (secondary N) is 2. The molecule has 192 valence electrons. The lowest BCUT2D eigenvalue weighted by Gasteiger charge is -2.17. The number of H-pyrrole nitrogens is 1. The van der Waals surface area contributed by atoms with Crippen LogP contribution in [0.1, 0.15) is 44.0 Å². The average molecular weight is 522 g/mol. The second kappa shape index (κ2) is 11.3. The number of fused-ring (bicyclic) bond motifs is 1. The Morgan fingerprint density at radius 2 is 1.81 bits per heavy atom. The summed E-state index contributed by atoms with van der Waals surface area (Å²) in [7, 11) is -4.09. The minimum absolute atomic E-state index is 0.207. The van der Waals surface area contributed by atoms with Crippen LogP contribution in [0.25, 0.3) is 22.0 Å². The molecule has 1 heterocycles. The second-order valence-corrected chi connectivity index (χ2v) is 10.5. The lowest BCUT2D eigenvalue weighted by Crippen LogP contribution is -2.29. The van der Waals surface area contributed by atoms with Crippen molar-refractivity contribution in [1.82, 2.24) is 14.7 Å². The standard InChI is InChI=1S/C26H27N5O5S/c27-25(32)12-3-1-2-11-23(30-37(35,36)22-10-6-9-21(16-22)31(33)34)26-28-17-24(29-26)20-14-13-18-7-4-5-8-19(18)15-20/h4-10,13-17,23,30H,1-3,11-12H2,(H2,27,32)(H,28,29)/t23-/m0/s1. The molecule has 0 spiro atoms. The Bertz CT molecular complexity index is 1530. The summed E-state index contributed by atoms with van der Waals surface area (Å²) in [6.45, 7) is 0. The molecule has 1 aromatic heterocycles. The number of imidazole rings is 1. The van der Waals surface area contributed by atoms with Crippen molar-refractivity contribution in [2.45, 2.75) is 43.0 Å². The third-order valence-electron chi connectivity index (χ3n) is 6.04. The fourth-order valence-electron chi connectivity index (χ4n) is 4.11. The van der Waals surface area contributed by atoms with Gasteiger partial charge in [-0.1, -0.05) is 55.3 Å². The molecule has 10 nitrogen and oxygen atoms in total. The van der Waals surface area contributed by atoms with Crippen LogP contribution in [0.4, 0.5) is 5.69 Å². The van der Waals surface area contributed by atoms with Crippen molar-refractivity contribution in [1.29, 1.82) is 0 Å². The van der Waals surface area contributed by atoms with Crippen LogP contribution in [0.5, 0.6) is 0 Å². The smallest absolute Gasteiger partial charge is 0.270 e. The third kappa shape index (κ3) is 6.57. The summed E-state index contributed by atoms with van der Waals surface area (Å²) in [6, 6.07) is 18.1.